The van der Waals surface area contributed by atoms with Gasteiger partial charge in [-0.05, 0) is 64.0 Å². The number of carbonyl (C=O) groups is 1. The molecule has 40 heavy (non-hydrogen) atoms. The van der Waals surface area contributed by atoms with Gasteiger partial charge in [0.05, 0.1) is 12.7 Å². The Hall–Kier alpha value is -4.89. The number of amides is 1. The summed E-state index contributed by atoms with van der Waals surface area (Å²) in [7, 11) is 1.57. The number of hydrazone groups is 1. The Bertz CT molecular complexity index is 1710. The second-order valence-corrected chi connectivity index (χ2v) is 9.99. The fraction of sp³-hybridized carbons (Fsp3) is 0.0968. The Morgan fingerprint density at radius 2 is 1.70 bits per heavy atom. The number of thioether (sulfide) groups is 1. The monoisotopic (exact) mass is 548 g/mol. The average molecular weight is 549 g/mol. The van der Waals surface area contributed by atoms with E-state index < -0.39 is 5.91 Å². The summed E-state index contributed by atoms with van der Waals surface area (Å²) in [6.07, 6.45) is 1.61. The van der Waals surface area contributed by atoms with E-state index in [2.05, 4.69) is 28.3 Å². The number of rotatable bonds is 8. The van der Waals surface area contributed by atoms with Gasteiger partial charge in [0, 0.05) is 0 Å². The first-order chi connectivity index (χ1) is 19.6. The molecule has 1 amide bonds. The fourth-order valence-electron chi connectivity index (χ4n) is 4.39. The van der Waals surface area contributed by atoms with Gasteiger partial charge in [-0.25, -0.2) is 0 Å². The van der Waals surface area contributed by atoms with Gasteiger partial charge in [-0.2, -0.15) is 15.1 Å². The van der Waals surface area contributed by atoms with Crippen LogP contribution in [0.4, 0.5) is 0 Å². The van der Waals surface area contributed by atoms with Crippen LogP contribution in [0.2, 0.25) is 0 Å². The SMILES string of the molecule is COc1cc(/C=C2/C(=N)N3N=C(COc4ccccc4)SC3=NC2=O)ccc1OCc1cccc2ccccc12. The van der Waals surface area contributed by atoms with Crippen molar-refractivity contribution < 1.29 is 19.0 Å². The molecule has 0 unspecified atom stereocenters. The Labute approximate surface area is 235 Å². The van der Waals surface area contributed by atoms with Crippen LogP contribution in [0.25, 0.3) is 16.8 Å². The molecular weight excluding hydrogens is 524 g/mol. The molecule has 4 aromatic carbocycles. The third-order valence-electron chi connectivity index (χ3n) is 6.36. The van der Waals surface area contributed by atoms with Gasteiger partial charge in [0.15, 0.2) is 17.3 Å². The molecule has 2 aliphatic heterocycles. The lowest BCUT2D eigenvalue weighted by molar-refractivity contribution is -0.114. The van der Waals surface area contributed by atoms with E-state index in [1.807, 2.05) is 60.7 Å². The van der Waals surface area contributed by atoms with Gasteiger partial charge in [-0.15, -0.1) is 0 Å². The number of nitrogens with one attached hydrogen (secondary N) is 1. The summed E-state index contributed by atoms with van der Waals surface area (Å²) in [5, 5.41) is 17.7. The number of benzene rings is 4. The predicted octanol–water partition coefficient (Wildman–Crippen LogP) is 6.13. The zero-order chi connectivity index (χ0) is 27.5. The van der Waals surface area contributed by atoms with Crippen molar-refractivity contribution in [3.63, 3.8) is 0 Å². The summed E-state index contributed by atoms with van der Waals surface area (Å²) in [5.74, 6) is 1.25. The highest BCUT2D eigenvalue weighted by Crippen LogP contribution is 2.32. The van der Waals surface area contributed by atoms with Crippen molar-refractivity contribution in [2.24, 2.45) is 10.1 Å². The van der Waals surface area contributed by atoms with Crippen molar-refractivity contribution in [1.82, 2.24) is 5.01 Å². The van der Waals surface area contributed by atoms with Crippen molar-refractivity contribution in [2.45, 2.75) is 6.61 Å². The summed E-state index contributed by atoms with van der Waals surface area (Å²) >= 11 is 1.22. The quantitative estimate of drug-likeness (QED) is 0.266. The van der Waals surface area contributed by atoms with Gasteiger partial charge in [0.2, 0.25) is 5.17 Å². The molecule has 0 bridgehead atoms. The molecule has 0 saturated heterocycles. The molecule has 0 aliphatic carbocycles. The number of ether oxygens (including phenoxy) is 3. The standard InChI is InChI=1S/C31H24N4O4S/c1-37-27-17-20(14-15-26(27)39-18-22-10-7-9-21-8-5-6-13-24(21)22)16-25-29(32)35-31(33-30(25)36)40-28(34-35)19-38-23-11-3-2-4-12-23/h2-17,32H,18-19H2,1H3/b25-16-,32-29?. The first-order valence-electron chi connectivity index (χ1n) is 12.5. The molecule has 8 nitrogen and oxygen atoms in total. The van der Waals surface area contributed by atoms with Gasteiger partial charge < -0.3 is 14.2 Å². The van der Waals surface area contributed by atoms with Crippen molar-refractivity contribution in [3.8, 4) is 17.2 Å². The molecule has 0 radical (unpaired) electrons. The third-order valence-corrected chi connectivity index (χ3v) is 7.25. The van der Waals surface area contributed by atoms with Gasteiger partial charge in [-0.3, -0.25) is 10.2 Å². The molecule has 0 saturated carbocycles. The van der Waals surface area contributed by atoms with Crippen LogP contribution in [0, 0.1) is 5.41 Å². The minimum atomic E-state index is -0.501. The minimum absolute atomic E-state index is 0.0486. The minimum Gasteiger partial charge on any atom is -0.493 e. The van der Waals surface area contributed by atoms with E-state index >= 15 is 0 Å². The van der Waals surface area contributed by atoms with Crippen molar-refractivity contribution >= 4 is 50.6 Å². The topological polar surface area (TPSA) is 96.6 Å². The molecule has 2 heterocycles. The van der Waals surface area contributed by atoms with Gasteiger partial charge in [0.25, 0.3) is 5.91 Å². The maximum Gasteiger partial charge on any atom is 0.283 e. The number of nitrogens with zero attached hydrogens (tertiary/aromatic N) is 3. The molecule has 198 valence electrons. The van der Waals surface area contributed by atoms with Crippen molar-refractivity contribution in [2.75, 3.05) is 13.7 Å². The second-order valence-electron chi connectivity index (χ2n) is 8.95. The van der Waals surface area contributed by atoms with E-state index in [4.69, 9.17) is 19.6 Å². The first kappa shape index (κ1) is 25.4. The number of hydrogen-bond acceptors (Lipinski definition) is 7. The Balaban J connectivity index is 1.18. The molecule has 0 aromatic heterocycles. The number of fused-ring (bicyclic) bond motifs is 2. The highest BCUT2D eigenvalue weighted by molar-refractivity contribution is 8.27. The number of methoxy groups -OCH3 is 1. The lowest BCUT2D eigenvalue weighted by atomic mass is 10.1. The highest BCUT2D eigenvalue weighted by Gasteiger charge is 2.35. The number of aliphatic imine (C=N–C) groups is 1. The van der Waals surface area contributed by atoms with Crippen LogP contribution in [-0.2, 0) is 11.4 Å². The molecule has 1 N–H and O–H groups in total. The summed E-state index contributed by atoms with van der Waals surface area (Å²) in [4.78, 5) is 17.0. The van der Waals surface area contributed by atoms with Gasteiger partial charge in [-0.1, -0.05) is 66.7 Å². The molecule has 4 aromatic rings. The molecular formula is C31H24N4O4S. The Kier molecular flexibility index (Phi) is 7.03. The van der Waals surface area contributed by atoms with Crippen LogP contribution < -0.4 is 14.2 Å². The maximum atomic E-state index is 12.9. The summed E-state index contributed by atoms with van der Waals surface area (Å²) in [6, 6.07) is 29.1. The fourth-order valence-corrected chi connectivity index (χ4v) is 5.18. The molecule has 0 fully saturated rings. The molecule has 0 spiro atoms. The maximum absolute atomic E-state index is 12.9. The van der Waals surface area contributed by atoms with E-state index in [1.54, 1.807) is 25.3 Å². The average Bonchev–Trinajstić information content (AvgIpc) is 3.41. The zero-order valence-corrected chi connectivity index (χ0v) is 22.4. The van der Waals surface area contributed by atoms with E-state index in [1.165, 1.54) is 16.8 Å². The van der Waals surface area contributed by atoms with Crippen LogP contribution in [0.15, 0.2) is 107 Å². The van der Waals surface area contributed by atoms with E-state index in [-0.39, 0.29) is 18.0 Å². The summed E-state index contributed by atoms with van der Waals surface area (Å²) < 4.78 is 17.5. The van der Waals surface area contributed by atoms with Crippen LogP contribution in [-0.4, -0.2) is 40.7 Å². The Morgan fingerprint density at radius 3 is 2.55 bits per heavy atom. The smallest absolute Gasteiger partial charge is 0.283 e. The Morgan fingerprint density at radius 1 is 0.900 bits per heavy atom. The lowest BCUT2D eigenvalue weighted by Crippen LogP contribution is -2.35. The molecule has 2 aliphatic rings. The molecule has 0 atom stereocenters. The van der Waals surface area contributed by atoms with E-state index in [9.17, 15) is 4.79 Å². The summed E-state index contributed by atoms with van der Waals surface area (Å²) in [6.45, 7) is 0.585. The largest absolute Gasteiger partial charge is 0.493 e. The zero-order valence-electron chi connectivity index (χ0n) is 21.5. The third kappa shape index (κ3) is 5.19. The number of para-hydroxylation sites is 1. The predicted molar refractivity (Wildman–Crippen MR) is 158 cm³/mol. The first-order valence-corrected chi connectivity index (χ1v) is 13.3. The molecule has 6 rings (SSSR count). The van der Waals surface area contributed by atoms with Gasteiger partial charge in [0.1, 0.15) is 24.0 Å². The number of carbonyl (C=O) groups excluding carboxylic acids is 1. The lowest BCUT2D eigenvalue weighted by Gasteiger charge is -2.20. The van der Waals surface area contributed by atoms with E-state index in [0.29, 0.717) is 39.6 Å². The van der Waals surface area contributed by atoms with Crippen LogP contribution in [0.5, 0.6) is 17.2 Å². The van der Waals surface area contributed by atoms with E-state index in [0.717, 1.165) is 16.3 Å². The van der Waals surface area contributed by atoms with Gasteiger partial charge >= 0.3 is 0 Å². The van der Waals surface area contributed by atoms with Crippen molar-refractivity contribution in [1.29, 1.82) is 5.41 Å². The van der Waals surface area contributed by atoms with Crippen LogP contribution >= 0.6 is 11.8 Å². The van der Waals surface area contributed by atoms with Crippen LogP contribution in [0.3, 0.4) is 0 Å². The second kappa shape index (κ2) is 11.1. The normalized spacial score (nSPS) is 15.6. The van der Waals surface area contributed by atoms with Crippen LogP contribution in [0.1, 0.15) is 11.1 Å². The highest BCUT2D eigenvalue weighted by atomic mass is 32.2. The number of amidine groups is 2. The molecule has 9 heteroatoms. The van der Waals surface area contributed by atoms with Crippen molar-refractivity contribution in [3.05, 3.63) is 108 Å². The summed E-state index contributed by atoms with van der Waals surface area (Å²) in [5.41, 5.74) is 1.87. The number of hydrogen-bond donors (Lipinski definition) is 1.